The number of hydrogen-bond donors (Lipinski definition) is 2. The lowest BCUT2D eigenvalue weighted by atomic mass is 10.1. The summed E-state index contributed by atoms with van der Waals surface area (Å²) >= 11 is 2.91. The Morgan fingerprint density at radius 2 is 2.12 bits per heavy atom. The number of nitrogens with zero attached hydrogens (tertiary/aromatic N) is 1. The van der Waals surface area contributed by atoms with E-state index in [9.17, 15) is 18.0 Å². The fourth-order valence-corrected chi connectivity index (χ4v) is 1.44. The van der Waals surface area contributed by atoms with Gasteiger partial charge in [-0.05, 0) is 18.2 Å². The molecule has 0 radical (unpaired) electrons. The molecule has 17 heavy (non-hydrogen) atoms. The molecule has 0 atom stereocenters. The van der Waals surface area contributed by atoms with Gasteiger partial charge in [-0.3, -0.25) is 4.79 Å². The molecule has 0 aliphatic heterocycles. The fraction of sp³-hybridized carbons (Fsp3) is 0.111. The molecule has 4 nitrogen and oxygen atoms in total. The Labute approximate surface area is 102 Å². The second-order valence-electron chi connectivity index (χ2n) is 2.92. The first kappa shape index (κ1) is 13.5. The number of rotatable bonds is 2. The molecule has 0 aliphatic rings. The van der Waals surface area contributed by atoms with E-state index in [0.29, 0.717) is 6.21 Å². The summed E-state index contributed by atoms with van der Waals surface area (Å²) in [5.74, 6) is -0.958. The van der Waals surface area contributed by atoms with Crippen LogP contribution in [-0.4, -0.2) is 17.3 Å². The number of carbonyl (C=O) groups excluding carboxylic acids is 1. The second-order valence-corrected chi connectivity index (χ2v) is 3.84. The maximum Gasteiger partial charge on any atom is 0.418 e. The molecule has 92 valence electrons. The minimum Gasteiger partial charge on any atom is -0.411 e. The number of oxime groups is 1. The summed E-state index contributed by atoms with van der Waals surface area (Å²) in [6.07, 6.45) is -4.13. The highest BCUT2D eigenvalue weighted by Crippen LogP contribution is 2.36. The van der Waals surface area contributed by atoms with Gasteiger partial charge in [0.05, 0.1) is 11.3 Å². The molecule has 0 fully saturated rings. The molecule has 0 bridgehead atoms. The van der Waals surface area contributed by atoms with Crippen molar-refractivity contribution >= 4 is 33.7 Å². The van der Waals surface area contributed by atoms with E-state index in [4.69, 9.17) is 5.21 Å². The summed E-state index contributed by atoms with van der Waals surface area (Å²) in [5.41, 5.74) is -1.41. The van der Waals surface area contributed by atoms with Gasteiger partial charge in [0.2, 0.25) is 0 Å². The predicted octanol–water partition coefficient (Wildman–Crippen LogP) is 2.87. The molecule has 0 saturated carbocycles. The number of carbonyl (C=O) groups is 1. The summed E-state index contributed by atoms with van der Waals surface area (Å²) in [7, 11) is 0. The second kappa shape index (κ2) is 5.17. The zero-order valence-corrected chi connectivity index (χ0v) is 9.71. The minimum atomic E-state index is -4.59. The molecule has 1 aromatic carbocycles. The van der Waals surface area contributed by atoms with E-state index in [-0.39, 0.29) is 4.47 Å². The zero-order valence-electron chi connectivity index (χ0n) is 8.12. The van der Waals surface area contributed by atoms with E-state index in [0.717, 1.165) is 12.1 Å². The molecule has 2 N–H and O–H groups in total. The van der Waals surface area contributed by atoms with Gasteiger partial charge in [0, 0.05) is 4.47 Å². The number of anilines is 1. The Morgan fingerprint density at radius 3 is 2.65 bits per heavy atom. The lowest BCUT2D eigenvalue weighted by Crippen LogP contribution is -2.17. The third-order valence-corrected chi connectivity index (χ3v) is 2.21. The van der Waals surface area contributed by atoms with Crippen molar-refractivity contribution in [3.8, 4) is 0 Å². The Bertz CT molecular complexity index is 460. The third kappa shape index (κ3) is 3.74. The van der Waals surface area contributed by atoms with Crippen molar-refractivity contribution in [2.45, 2.75) is 6.18 Å². The van der Waals surface area contributed by atoms with Crippen LogP contribution in [-0.2, 0) is 11.0 Å². The lowest BCUT2D eigenvalue weighted by Gasteiger charge is -2.13. The van der Waals surface area contributed by atoms with Crippen molar-refractivity contribution in [2.24, 2.45) is 5.16 Å². The molecule has 0 heterocycles. The van der Waals surface area contributed by atoms with Crippen molar-refractivity contribution in [3.63, 3.8) is 0 Å². The highest BCUT2D eigenvalue weighted by molar-refractivity contribution is 9.10. The van der Waals surface area contributed by atoms with Gasteiger partial charge in [0.15, 0.2) is 0 Å². The number of benzene rings is 1. The van der Waals surface area contributed by atoms with Crippen LogP contribution in [0.25, 0.3) is 0 Å². The maximum absolute atomic E-state index is 12.6. The van der Waals surface area contributed by atoms with E-state index in [2.05, 4.69) is 21.1 Å². The Morgan fingerprint density at radius 1 is 1.47 bits per heavy atom. The van der Waals surface area contributed by atoms with Crippen LogP contribution in [0, 0.1) is 0 Å². The van der Waals surface area contributed by atoms with Crippen LogP contribution in [0.4, 0.5) is 18.9 Å². The van der Waals surface area contributed by atoms with Crippen molar-refractivity contribution in [1.82, 2.24) is 0 Å². The summed E-state index contributed by atoms with van der Waals surface area (Å²) in [6, 6.07) is 3.28. The lowest BCUT2D eigenvalue weighted by molar-refractivity contribution is -0.137. The van der Waals surface area contributed by atoms with Crippen LogP contribution in [0.2, 0.25) is 0 Å². The average Bonchev–Trinajstić information content (AvgIpc) is 2.19. The van der Waals surface area contributed by atoms with Crippen molar-refractivity contribution < 1.29 is 23.2 Å². The summed E-state index contributed by atoms with van der Waals surface area (Å²) in [5, 5.41) is 12.4. The average molecular weight is 311 g/mol. The summed E-state index contributed by atoms with van der Waals surface area (Å²) in [4.78, 5) is 11.0. The van der Waals surface area contributed by atoms with Gasteiger partial charge in [-0.25, -0.2) is 0 Å². The monoisotopic (exact) mass is 310 g/mol. The van der Waals surface area contributed by atoms with Crippen LogP contribution in [0.1, 0.15) is 5.56 Å². The molecule has 0 spiro atoms. The van der Waals surface area contributed by atoms with Gasteiger partial charge < -0.3 is 10.5 Å². The van der Waals surface area contributed by atoms with Gasteiger partial charge in [-0.15, -0.1) is 0 Å². The van der Waals surface area contributed by atoms with Gasteiger partial charge in [-0.1, -0.05) is 21.1 Å². The van der Waals surface area contributed by atoms with Crippen LogP contribution in [0.3, 0.4) is 0 Å². The molecule has 0 aromatic heterocycles. The Hall–Kier alpha value is -1.57. The fourth-order valence-electron chi connectivity index (χ4n) is 1.08. The molecule has 0 unspecified atom stereocenters. The van der Waals surface area contributed by atoms with Crippen LogP contribution < -0.4 is 5.32 Å². The number of alkyl halides is 3. The van der Waals surface area contributed by atoms with E-state index in [1.807, 2.05) is 5.32 Å². The van der Waals surface area contributed by atoms with Crippen molar-refractivity contribution in [1.29, 1.82) is 0 Å². The molecule has 0 aliphatic carbocycles. The molecule has 1 amide bonds. The third-order valence-electron chi connectivity index (χ3n) is 1.72. The Kier molecular flexibility index (Phi) is 4.11. The molecule has 0 saturated heterocycles. The summed E-state index contributed by atoms with van der Waals surface area (Å²) < 4.78 is 38.1. The van der Waals surface area contributed by atoms with Crippen LogP contribution >= 0.6 is 15.9 Å². The first-order valence-electron chi connectivity index (χ1n) is 4.19. The first-order valence-corrected chi connectivity index (χ1v) is 4.99. The highest BCUT2D eigenvalue weighted by Gasteiger charge is 2.34. The first-order chi connectivity index (χ1) is 7.84. The van der Waals surface area contributed by atoms with E-state index in [1.165, 1.54) is 6.07 Å². The molecule has 8 heteroatoms. The van der Waals surface area contributed by atoms with E-state index in [1.54, 1.807) is 0 Å². The van der Waals surface area contributed by atoms with Crippen LogP contribution in [0.5, 0.6) is 0 Å². The summed E-state index contributed by atoms with van der Waals surface area (Å²) in [6.45, 7) is 0. The molecular formula is C9H6BrF3N2O2. The van der Waals surface area contributed by atoms with E-state index >= 15 is 0 Å². The number of amides is 1. The maximum atomic E-state index is 12.6. The van der Waals surface area contributed by atoms with Gasteiger partial charge in [0.25, 0.3) is 5.91 Å². The zero-order chi connectivity index (χ0) is 13.1. The normalized spacial score (nSPS) is 11.8. The van der Waals surface area contributed by atoms with Gasteiger partial charge >= 0.3 is 6.18 Å². The predicted molar refractivity (Wildman–Crippen MR) is 58.1 cm³/mol. The smallest absolute Gasteiger partial charge is 0.411 e. The van der Waals surface area contributed by atoms with Crippen LogP contribution in [0.15, 0.2) is 27.8 Å². The topological polar surface area (TPSA) is 61.7 Å². The minimum absolute atomic E-state index is 0.235. The number of nitrogens with one attached hydrogen (secondary N) is 1. The highest BCUT2D eigenvalue weighted by atomic mass is 79.9. The Balaban J connectivity index is 3.11. The number of hydrogen-bond acceptors (Lipinski definition) is 3. The number of halogens is 4. The molecule has 1 aromatic rings. The van der Waals surface area contributed by atoms with Gasteiger partial charge in [-0.2, -0.15) is 13.2 Å². The SMILES string of the molecule is O=C(/C=N/O)Nc1ccc(Br)cc1C(F)(F)F. The van der Waals surface area contributed by atoms with Crippen molar-refractivity contribution in [2.75, 3.05) is 5.32 Å². The van der Waals surface area contributed by atoms with Gasteiger partial charge in [0.1, 0.15) is 6.21 Å². The van der Waals surface area contributed by atoms with E-state index < -0.39 is 23.3 Å². The molecular weight excluding hydrogens is 305 g/mol. The largest absolute Gasteiger partial charge is 0.418 e. The molecule has 1 rings (SSSR count). The standard InChI is InChI=1S/C9H6BrF3N2O2/c10-5-1-2-7(15-8(16)4-14-17)6(3-5)9(11,12)13/h1-4,17H,(H,15,16)/b14-4+. The quantitative estimate of drug-likeness (QED) is 0.501. The van der Waals surface area contributed by atoms with Crippen molar-refractivity contribution in [3.05, 3.63) is 28.2 Å².